The number of hydrogen-bond donors (Lipinski definition) is 2. The molecule has 1 amide bonds. The summed E-state index contributed by atoms with van der Waals surface area (Å²) in [6, 6.07) is 0. The zero-order valence-corrected chi connectivity index (χ0v) is 8.64. The van der Waals surface area contributed by atoms with E-state index in [-0.39, 0.29) is 18.0 Å². The Balaban J connectivity index is 2.77. The van der Waals surface area contributed by atoms with Gasteiger partial charge in [0.2, 0.25) is 0 Å². The molecule has 0 aliphatic rings. The van der Waals surface area contributed by atoms with E-state index in [0.29, 0.717) is 0 Å². The van der Waals surface area contributed by atoms with Crippen LogP contribution < -0.4 is 5.32 Å². The Kier molecular flexibility index (Phi) is 3.65. The number of carbonyl (C=O) groups is 2. The van der Waals surface area contributed by atoms with Gasteiger partial charge >= 0.3 is 12.1 Å². The Labute approximate surface area is 91.3 Å². The Morgan fingerprint density at radius 2 is 2.44 bits per heavy atom. The predicted octanol–water partition coefficient (Wildman–Crippen LogP) is 0.853. The van der Waals surface area contributed by atoms with Gasteiger partial charge in [-0.25, -0.2) is 9.59 Å². The summed E-state index contributed by atoms with van der Waals surface area (Å²) in [4.78, 5) is 22.0. The van der Waals surface area contributed by atoms with Gasteiger partial charge in [-0.1, -0.05) is 12.7 Å². The fourth-order valence-corrected chi connectivity index (χ4v) is 1.06. The van der Waals surface area contributed by atoms with Crippen LogP contribution in [0.1, 0.15) is 10.5 Å². The lowest BCUT2D eigenvalue weighted by Gasteiger charge is -2.04. The van der Waals surface area contributed by atoms with Crippen molar-refractivity contribution in [2.75, 3.05) is 11.9 Å². The average Bonchev–Trinajstić information content (AvgIpc) is 2.56. The minimum Gasteiger partial charge on any atom is -0.476 e. The van der Waals surface area contributed by atoms with Crippen molar-refractivity contribution in [2.45, 2.75) is 0 Å². The van der Waals surface area contributed by atoms with Gasteiger partial charge in [-0.05, 0) is 0 Å². The number of nitrogens with one attached hydrogen (secondary N) is 1. The molecule has 1 aromatic heterocycles. The number of carboxylic acids is 1. The molecular formula is C9H11N3O4. The van der Waals surface area contributed by atoms with E-state index >= 15 is 0 Å². The molecule has 1 rings (SSSR count). The second-order valence-electron chi connectivity index (χ2n) is 2.85. The molecule has 0 unspecified atom stereocenters. The number of aryl methyl sites for hydroxylation is 1. The van der Waals surface area contributed by atoms with Crippen molar-refractivity contribution >= 4 is 17.7 Å². The van der Waals surface area contributed by atoms with Gasteiger partial charge < -0.3 is 9.84 Å². The fourth-order valence-electron chi connectivity index (χ4n) is 1.06. The number of carboxylic acid groups (broad SMARTS) is 1. The van der Waals surface area contributed by atoms with Crippen molar-refractivity contribution in [3.63, 3.8) is 0 Å². The molecule has 7 nitrogen and oxygen atoms in total. The van der Waals surface area contributed by atoms with Crippen molar-refractivity contribution in [2.24, 2.45) is 7.05 Å². The monoisotopic (exact) mass is 225 g/mol. The molecule has 0 radical (unpaired) electrons. The van der Waals surface area contributed by atoms with E-state index in [9.17, 15) is 9.59 Å². The highest BCUT2D eigenvalue weighted by Crippen LogP contribution is 2.13. The third-order valence-corrected chi connectivity index (χ3v) is 1.71. The number of ether oxygens (including phenoxy) is 1. The summed E-state index contributed by atoms with van der Waals surface area (Å²) in [6.07, 6.45) is 1.88. The van der Waals surface area contributed by atoms with E-state index in [1.165, 1.54) is 19.3 Å². The molecule has 0 aliphatic heterocycles. The molecule has 86 valence electrons. The molecule has 0 saturated heterocycles. The molecule has 0 aliphatic carbocycles. The van der Waals surface area contributed by atoms with Crippen molar-refractivity contribution in [3.8, 4) is 0 Å². The van der Waals surface area contributed by atoms with E-state index < -0.39 is 12.1 Å². The predicted molar refractivity (Wildman–Crippen MR) is 55.3 cm³/mol. The number of nitrogens with zero attached hydrogens (tertiary/aromatic N) is 2. The maximum Gasteiger partial charge on any atom is 0.412 e. The minimum atomic E-state index is -1.18. The van der Waals surface area contributed by atoms with E-state index in [1.807, 2.05) is 0 Å². The highest BCUT2D eigenvalue weighted by molar-refractivity contribution is 5.97. The first-order valence-corrected chi connectivity index (χ1v) is 4.36. The van der Waals surface area contributed by atoms with Crippen molar-refractivity contribution in [1.29, 1.82) is 0 Å². The zero-order chi connectivity index (χ0) is 12.1. The van der Waals surface area contributed by atoms with E-state index in [1.54, 1.807) is 0 Å². The molecule has 0 atom stereocenters. The first-order chi connectivity index (χ1) is 7.56. The summed E-state index contributed by atoms with van der Waals surface area (Å²) < 4.78 is 5.79. The smallest absolute Gasteiger partial charge is 0.412 e. The van der Waals surface area contributed by atoms with Crippen LogP contribution in [-0.4, -0.2) is 33.6 Å². The summed E-state index contributed by atoms with van der Waals surface area (Å²) in [5.74, 6) is -1.18. The van der Waals surface area contributed by atoms with Crippen LogP contribution in [0.15, 0.2) is 18.9 Å². The van der Waals surface area contributed by atoms with Gasteiger partial charge in [0, 0.05) is 7.05 Å². The third kappa shape index (κ3) is 2.59. The first-order valence-electron chi connectivity index (χ1n) is 4.36. The van der Waals surface area contributed by atoms with Crippen LogP contribution in [0.25, 0.3) is 0 Å². The SMILES string of the molecule is C=CCOC(=O)Nc1cnn(C)c1C(=O)O. The lowest BCUT2D eigenvalue weighted by Crippen LogP contribution is -2.16. The first kappa shape index (κ1) is 11.8. The second kappa shape index (κ2) is 4.96. The van der Waals surface area contributed by atoms with Crippen LogP contribution in [0.2, 0.25) is 0 Å². The standard InChI is InChI=1S/C9H11N3O4/c1-3-4-16-9(15)11-6-5-10-12(2)7(6)8(13)14/h3,5H,1,4H2,2H3,(H,11,15)(H,13,14). The summed E-state index contributed by atoms with van der Waals surface area (Å²) in [5.41, 5.74) is -0.0281. The molecule has 16 heavy (non-hydrogen) atoms. The van der Waals surface area contributed by atoms with Gasteiger partial charge in [-0.15, -0.1) is 0 Å². The molecule has 1 heterocycles. The van der Waals surface area contributed by atoms with Gasteiger partial charge in [0.05, 0.1) is 11.9 Å². The van der Waals surface area contributed by atoms with Gasteiger partial charge in [-0.3, -0.25) is 10.00 Å². The van der Waals surface area contributed by atoms with Crippen LogP contribution in [0, 0.1) is 0 Å². The Hall–Kier alpha value is -2.31. The van der Waals surface area contributed by atoms with Gasteiger partial charge in [-0.2, -0.15) is 5.10 Å². The number of anilines is 1. The van der Waals surface area contributed by atoms with Crippen LogP contribution in [0.4, 0.5) is 10.5 Å². The summed E-state index contributed by atoms with van der Waals surface area (Å²) >= 11 is 0. The van der Waals surface area contributed by atoms with Crippen LogP contribution in [-0.2, 0) is 11.8 Å². The van der Waals surface area contributed by atoms with Gasteiger partial charge in [0.15, 0.2) is 5.69 Å². The number of amides is 1. The Morgan fingerprint density at radius 1 is 1.75 bits per heavy atom. The topological polar surface area (TPSA) is 93.5 Å². The Morgan fingerprint density at radius 3 is 3.00 bits per heavy atom. The molecule has 7 heteroatoms. The lowest BCUT2D eigenvalue weighted by atomic mass is 10.3. The van der Waals surface area contributed by atoms with E-state index in [2.05, 4.69) is 21.7 Å². The van der Waals surface area contributed by atoms with Crippen molar-refractivity contribution in [1.82, 2.24) is 9.78 Å². The largest absolute Gasteiger partial charge is 0.476 e. The molecule has 0 bridgehead atoms. The van der Waals surface area contributed by atoms with Crippen molar-refractivity contribution in [3.05, 3.63) is 24.5 Å². The molecule has 0 saturated carbocycles. The highest BCUT2D eigenvalue weighted by atomic mass is 16.5. The fraction of sp³-hybridized carbons (Fsp3) is 0.222. The number of hydrogen-bond acceptors (Lipinski definition) is 4. The van der Waals surface area contributed by atoms with E-state index in [4.69, 9.17) is 5.11 Å². The minimum absolute atomic E-state index is 0.0501. The molecule has 2 N–H and O–H groups in total. The molecule has 0 aromatic carbocycles. The van der Waals surface area contributed by atoms with Gasteiger partial charge in [0.1, 0.15) is 6.61 Å². The molecule has 0 fully saturated rings. The zero-order valence-electron chi connectivity index (χ0n) is 8.64. The number of carbonyl (C=O) groups excluding carboxylic acids is 1. The molecule has 1 aromatic rings. The van der Waals surface area contributed by atoms with Crippen LogP contribution in [0.5, 0.6) is 0 Å². The van der Waals surface area contributed by atoms with Gasteiger partial charge in [0.25, 0.3) is 0 Å². The summed E-state index contributed by atoms with van der Waals surface area (Å²) in [5, 5.41) is 14.8. The number of aromatic carboxylic acids is 1. The summed E-state index contributed by atoms with van der Waals surface area (Å²) in [6.45, 7) is 3.42. The normalized spacial score (nSPS) is 9.56. The second-order valence-corrected chi connectivity index (χ2v) is 2.85. The lowest BCUT2D eigenvalue weighted by molar-refractivity contribution is 0.0686. The van der Waals surface area contributed by atoms with E-state index in [0.717, 1.165) is 4.68 Å². The maximum atomic E-state index is 11.1. The number of aromatic nitrogens is 2. The van der Waals surface area contributed by atoms with Crippen LogP contribution >= 0.6 is 0 Å². The van der Waals surface area contributed by atoms with Crippen molar-refractivity contribution < 1.29 is 19.4 Å². The molecular weight excluding hydrogens is 214 g/mol. The quantitative estimate of drug-likeness (QED) is 0.741. The third-order valence-electron chi connectivity index (χ3n) is 1.71. The van der Waals surface area contributed by atoms with Crippen LogP contribution in [0.3, 0.4) is 0 Å². The summed E-state index contributed by atoms with van der Waals surface area (Å²) in [7, 11) is 1.46. The average molecular weight is 225 g/mol. The molecule has 0 spiro atoms. The number of rotatable bonds is 4. The maximum absolute atomic E-state index is 11.1. The highest BCUT2D eigenvalue weighted by Gasteiger charge is 2.17. The Bertz CT molecular complexity index is 424.